The molecule has 0 spiro atoms. The molecule has 29 heavy (non-hydrogen) atoms. The smallest absolute Gasteiger partial charge is 0.317 e. The summed E-state index contributed by atoms with van der Waals surface area (Å²) in [6.45, 7) is 0. The molecule has 1 aromatic rings. The van der Waals surface area contributed by atoms with Crippen molar-refractivity contribution in [2.24, 2.45) is 5.16 Å². The van der Waals surface area contributed by atoms with Crippen LogP contribution in [-0.4, -0.2) is 27.7 Å². The standard InChI is InChI=1S/C19H24N4O6/c24-19(20-13-6-2-1-3-7-13)29-21-17-9-5-4-8-15(17)16-11-10-14(22(25)26)12-18(16)23(27)28/h10-13,15H,1-9H2,(H,20,24). The number of benzene rings is 1. The highest BCUT2D eigenvalue weighted by molar-refractivity contribution is 5.92. The molecule has 3 rings (SSSR count). The average Bonchev–Trinajstić information content (AvgIpc) is 2.72. The molecule has 2 aliphatic rings. The first kappa shape index (κ1) is 20.7. The molecular formula is C19H24N4O6. The van der Waals surface area contributed by atoms with Gasteiger partial charge in [-0.15, -0.1) is 0 Å². The van der Waals surface area contributed by atoms with E-state index in [0.717, 1.165) is 44.6 Å². The number of amides is 1. The average molecular weight is 404 g/mol. The molecule has 156 valence electrons. The third-order valence-corrected chi connectivity index (χ3v) is 5.55. The first-order chi connectivity index (χ1) is 14.0. The maximum Gasteiger partial charge on any atom is 0.433 e. The fourth-order valence-corrected chi connectivity index (χ4v) is 4.08. The van der Waals surface area contributed by atoms with Crippen LogP contribution in [-0.2, 0) is 4.84 Å². The van der Waals surface area contributed by atoms with E-state index in [-0.39, 0.29) is 17.4 Å². The number of nitro benzene ring substituents is 2. The number of non-ortho nitro benzene ring substituents is 1. The van der Waals surface area contributed by atoms with E-state index in [2.05, 4.69) is 10.5 Å². The lowest BCUT2D eigenvalue weighted by Crippen LogP contribution is -2.36. The van der Waals surface area contributed by atoms with Crippen LogP contribution in [0.5, 0.6) is 0 Å². The number of nitrogens with one attached hydrogen (secondary N) is 1. The van der Waals surface area contributed by atoms with E-state index in [0.29, 0.717) is 24.1 Å². The summed E-state index contributed by atoms with van der Waals surface area (Å²) in [7, 11) is 0. The zero-order valence-corrected chi connectivity index (χ0v) is 16.0. The molecule has 10 nitrogen and oxygen atoms in total. The highest BCUT2D eigenvalue weighted by atomic mass is 16.7. The summed E-state index contributed by atoms with van der Waals surface area (Å²) in [6, 6.07) is 3.72. The zero-order chi connectivity index (χ0) is 20.8. The first-order valence-corrected chi connectivity index (χ1v) is 9.92. The Bertz CT molecular complexity index is 819. The molecule has 1 unspecified atom stereocenters. The molecule has 0 saturated heterocycles. The van der Waals surface area contributed by atoms with Crippen LogP contribution in [0.2, 0.25) is 0 Å². The second kappa shape index (κ2) is 9.44. The summed E-state index contributed by atoms with van der Waals surface area (Å²) in [5.41, 5.74) is 0.255. The number of nitro groups is 2. The maximum atomic E-state index is 12.1. The molecule has 0 radical (unpaired) electrons. The number of rotatable bonds is 5. The van der Waals surface area contributed by atoms with Crippen LogP contribution >= 0.6 is 0 Å². The Morgan fingerprint density at radius 1 is 1.03 bits per heavy atom. The normalized spacial score (nSPS) is 21.5. The van der Waals surface area contributed by atoms with Gasteiger partial charge in [-0.3, -0.25) is 25.1 Å². The predicted octanol–water partition coefficient (Wildman–Crippen LogP) is 4.58. The van der Waals surface area contributed by atoms with E-state index in [1.807, 2.05) is 0 Å². The largest absolute Gasteiger partial charge is 0.433 e. The molecule has 0 bridgehead atoms. The highest BCUT2D eigenvalue weighted by Gasteiger charge is 2.31. The molecule has 0 heterocycles. The Morgan fingerprint density at radius 3 is 2.45 bits per heavy atom. The molecule has 1 aromatic carbocycles. The molecule has 2 saturated carbocycles. The zero-order valence-electron chi connectivity index (χ0n) is 16.0. The molecule has 1 amide bonds. The van der Waals surface area contributed by atoms with Crippen LogP contribution in [0, 0.1) is 20.2 Å². The lowest BCUT2D eigenvalue weighted by molar-refractivity contribution is -0.394. The van der Waals surface area contributed by atoms with Crippen LogP contribution in [0.1, 0.15) is 69.3 Å². The lowest BCUT2D eigenvalue weighted by atomic mass is 9.81. The molecule has 0 aliphatic heterocycles. The van der Waals surface area contributed by atoms with E-state index in [1.54, 1.807) is 0 Å². The van der Waals surface area contributed by atoms with Gasteiger partial charge in [-0.2, -0.15) is 0 Å². The minimum Gasteiger partial charge on any atom is -0.317 e. The number of carbonyl (C=O) groups excluding carboxylic acids is 1. The number of nitrogens with zero attached hydrogens (tertiary/aromatic N) is 3. The van der Waals surface area contributed by atoms with Gasteiger partial charge in [0.15, 0.2) is 0 Å². The fraction of sp³-hybridized carbons (Fsp3) is 0.579. The second-order valence-electron chi connectivity index (χ2n) is 7.50. The monoisotopic (exact) mass is 404 g/mol. The van der Waals surface area contributed by atoms with Crippen LogP contribution < -0.4 is 5.32 Å². The van der Waals surface area contributed by atoms with Gasteiger partial charge in [-0.05, 0) is 38.2 Å². The summed E-state index contributed by atoms with van der Waals surface area (Å²) in [6.07, 6.45) is 7.37. The molecule has 10 heteroatoms. The Balaban J connectivity index is 1.77. The molecular weight excluding hydrogens is 380 g/mol. The molecule has 0 aromatic heterocycles. The van der Waals surface area contributed by atoms with Gasteiger partial charge in [0.2, 0.25) is 0 Å². The lowest BCUT2D eigenvalue weighted by Gasteiger charge is -2.24. The Labute approximate surface area is 167 Å². The SMILES string of the molecule is O=C(NC1CCCCC1)ON=C1CCCCC1c1ccc([N+](=O)[O-])cc1[N+](=O)[O-]. The van der Waals surface area contributed by atoms with Crippen molar-refractivity contribution in [2.75, 3.05) is 0 Å². The summed E-state index contributed by atoms with van der Waals surface area (Å²) in [5.74, 6) is -0.410. The van der Waals surface area contributed by atoms with Crippen LogP contribution in [0.15, 0.2) is 23.4 Å². The minimum atomic E-state index is -0.661. The van der Waals surface area contributed by atoms with Crippen molar-refractivity contribution in [3.63, 3.8) is 0 Å². The number of oxime groups is 1. The Kier molecular flexibility index (Phi) is 6.73. The van der Waals surface area contributed by atoms with E-state index in [4.69, 9.17) is 4.84 Å². The van der Waals surface area contributed by atoms with Crippen molar-refractivity contribution in [3.8, 4) is 0 Å². The van der Waals surface area contributed by atoms with Crippen molar-refractivity contribution in [1.82, 2.24) is 5.32 Å². The maximum absolute atomic E-state index is 12.1. The van der Waals surface area contributed by atoms with Crippen molar-refractivity contribution in [3.05, 3.63) is 44.0 Å². The Hall–Kier alpha value is -3.04. The van der Waals surface area contributed by atoms with Crippen LogP contribution in [0.25, 0.3) is 0 Å². The van der Waals surface area contributed by atoms with Gasteiger partial charge in [-0.25, -0.2) is 4.79 Å². The highest BCUT2D eigenvalue weighted by Crippen LogP contribution is 2.37. The number of hydrogen-bond donors (Lipinski definition) is 1. The van der Waals surface area contributed by atoms with Crippen LogP contribution in [0.3, 0.4) is 0 Å². The Morgan fingerprint density at radius 2 is 1.76 bits per heavy atom. The van der Waals surface area contributed by atoms with E-state index in [9.17, 15) is 25.0 Å². The quantitative estimate of drug-likeness (QED) is 0.433. The van der Waals surface area contributed by atoms with Crippen molar-refractivity contribution in [2.45, 2.75) is 69.7 Å². The minimum absolute atomic E-state index is 0.0920. The third-order valence-electron chi connectivity index (χ3n) is 5.55. The molecule has 1 atom stereocenters. The summed E-state index contributed by atoms with van der Waals surface area (Å²) in [5, 5.41) is 29.3. The fourth-order valence-electron chi connectivity index (χ4n) is 4.08. The van der Waals surface area contributed by atoms with E-state index in [1.165, 1.54) is 18.6 Å². The van der Waals surface area contributed by atoms with E-state index >= 15 is 0 Å². The molecule has 1 N–H and O–H groups in total. The van der Waals surface area contributed by atoms with Crippen molar-refractivity contribution >= 4 is 23.2 Å². The van der Waals surface area contributed by atoms with Crippen molar-refractivity contribution < 1.29 is 19.5 Å². The van der Waals surface area contributed by atoms with Gasteiger partial charge in [-0.1, -0.05) is 30.8 Å². The molecule has 2 fully saturated rings. The first-order valence-electron chi connectivity index (χ1n) is 9.92. The van der Waals surface area contributed by atoms with Gasteiger partial charge in [0.25, 0.3) is 11.4 Å². The second-order valence-corrected chi connectivity index (χ2v) is 7.50. The van der Waals surface area contributed by atoms with Gasteiger partial charge < -0.3 is 5.32 Å². The number of carbonyl (C=O) groups is 1. The van der Waals surface area contributed by atoms with Gasteiger partial charge in [0.1, 0.15) is 0 Å². The summed E-state index contributed by atoms with van der Waals surface area (Å²) in [4.78, 5) is 38.3. The molecule has 2 aliphatic carbocycles. The predicted molar refractivity (Wildman–Crippen MR) is 105 cm³/mol. The van der Waals surface area contributed by atoms with E-state index < -0.39 is 21.9 Å². The van der Waals surface area contributed by atoms with Crippen LogP contribution in [0.4, 0.5) is 16.2 Å². The third kappa shape index (κ3) is 5.27. The van der Waals surface area contributed by atoms with Gasteiger partial charge >= 0.3 is 6.09 Å². The summed E-state index contributed by atoms with van der Waals surface area (Å²) >= 11 is 0. The van der Waals surface area contributed by atoms with Gasteiger partial charge in [0.05, 0.1) is 21.6 Å². The topological polar surface area (TPSA) is 137 Å². The number of hydrogen-bond acceptors (Lipinski definition) is 7. The van der Waals surface area contributed by atoms with Crippen molar-refractivity contribution in [1.29, 1.82) is 0 Å². The van der Waals surface area contributed by atoms with Gasteiger partial charge in [0, 0.05) is 23.6 Å². The summed E-state index contributed by atoms with van der Waals surface area (Å²) < 4.78 is 0.